The average molecular weight is 324 g/mol. The highest BCUT2D eigenvalue weighted by molar-refractivity contribution is 6.29. The van der Waals surface area contributed by atoms with Crippen LogP contribution in [0.4, 0.5) is 0 Å². The van der Waals surface area contributed by atoms with Crippen LogP contribution >= 0.6 is 0 Å². The van der Waals surface area contributed by atoms with E-state index in [9.17, 15) is 9.59 Å². The molecule has 0 N–H and O–H groups in total. The van der Waals surface area contributed by atoms with Crippen LogP contribution in [0.3, 0.4) is 0 Å². The van der Waals surface area contributed by atoms with Crippen LogP contribution in [-0.4, -0.2) is 24.6 Å². The van der Waals surface area contributed by atoms with Crippen molar-refractivity contribution < 1.29 is 24.1 Å². The molecule has 0 aromatic heterocycles. The topological polar surface area (TPSA) is 61.8 Å². The molecule has 0 amide bonds. The Morgan fingerprint density at radius 3 is 2.13 bits per heavy atom. The van der Waals surface area contributed by atoms with Crippen LogP contribution in [0.1, 0.15) is 64.7 Å². The molecule has 0 aromatic carbocycles. The minimum Gasteiger partial charge on any atom is -0.453 e. The third-order valence-corrected chi connectivity index (χ3v) is 5.77. The van der Waals surface area contributed by atoms with E-state index in [2.05, 4.69) is 11.8 Å². The molecule has 4 saturated carbocycles. The Hall–Kier alpha value is -1.10. The lowest BCUT2D eigenvalue weighted by atomic mass is 9.55. The predicted octanol–water partition coefficient (Wildman–Crippen LogP) is 3.41. The lowest BCUT2D eigenvalue weighted by molar-refractivity contribution is -0.274. The van der Waals surface area contributed by atoms with Crippen molar-refractivity contribution in [2.45, 2.75) is 70.8 Å². The maximum absolute atomic E-state index is 11.9. The number of carbonyl (C=O) groups is 2. The fraction of sp³-hybridized carbons (Fsp3) is 0.889. The summed E-state index contributed by atoms with van der Waals surface area (Å²) in [5.41, 5.74) is 0. The number of hydrogen-bond acceptors (Lipinski definition) is 5. The first-order chi connectivity index (χ1) is 11.2. The van der Waals surface area contributed by atoms with Gasteiger partial charge < -0.3 is 4.74 Å². The van der Waals surface area contributed by atoms with Crippen LogP contribution in [0.25, 0.3) is 0 Å². The Bertz CT molecular complexity index is 405. The number of hydrogen-bond donors (Lipinski definition) is 0. The molecule has 130 valence electrons. The van der Waals surface area contributed by atoms with Crippen LogP contribution in [0.15, 0.2) is 0 Å². The second-order valence-electron chi connectivity index (χ2n) is 7.55. The van der Waals surface area contributed by atoms with Gasteiger partial charge in [0.1, 0.15) is 6.10 Å². The number of unbranched alkanes of at least 4 members (excludes halogenated alkanes) is 3. The van der Waals surface area contributed by atoms with Gasteiger partial charge in [-0.3, -0.25) is 4.89 Å². The Morgan fingerprint density at radius 2 is 1.52 bits per heavy atom. The van der Waals surface area contributed by atoms with E-state index >= 15 is 0 Å². The fourth-order valence-electron chi connectivity index (χ4n) is 4.96. The van der Waals surface area contributed by atoms with Crippen LogP contribution in [0, 0.1) is 23.7 Å². The highest BCUT2D eigenvalue weighted by Gasteiger charge is 2.50. The molecule has 0 saturated heterocycles. The first-order valence-electron chi connectivity index (χ1n) is 9.21. The predicted molar refractivity (Wildman–Crippen MR) is 83.1 cm³/mol. The van der Waals surface area contributed by atoms with Crippen molar-refractivity contribution in [3.63, 3.8) is 0 Å². The molecule has 0 aliphatic heterocycles. The molecule has 0 unspecified atom stereocenters. The Labute approximate surface area is 138 Å². The van der Waals surface area contributed by atoms with E-state index < -0.39 is 11.9 Å². The lowest BCUT2D eigenvalue weighted by Gasteiger charge is -2.53. The highest BCUT2D eigenvalue weighted by Crippen LogP contribution is 2.54. The molecule has 4 bridgehead atoms. The Morgan fingerprint density at radius 1 is 0.870 bits per heavy atom. The summed E-state index contributed by atoms with van der Waals surface area (Å²) in [5.74, 6) is 0.595. The van der Waals surface area contributed by atoms with E-state index in [1.165, 1.54) is 6.42 Å². The lowest BCUT2D eigenvalue weighted by Crippen LogP contribution is -2.50. The van der Waals surface area contributed by atoms with Crippen LogP contribution in [0.2, 0.25) is 0 Å². The zero-order valence-corrected chi connectivity index (χ0v) is 14.0. The quantitative estimate of drug-likeness (QED) is 0.236. The molecule has 0 radical (unpaired) electrons. The number of ether oxygens (including phenoxy) is 1. The maximum atomic E-state index is 11.9. The van der Waals surface area contributed by atoms with Gasteiger partial charge in [-0.15, -0.1) is 0 Å². The Kier molecular flexibility index (Phi) is 5.57. The largest absolute Gasteiger partial charge is 0.453 e. The van der Waals surface area contributed by atoms with E-state index in [0.717, 1.165) is 63.2 Å². The van der Waals surface area contributed by atoms with Gasteiger partial charge in [0.05, 0.1) is 6.61 Å². The molecule has 0 heterocycles. The molecule has 0 aromatic rings. The SMILES string of the molecule is CCCCCCOOC(=O)C(=O)OC1C2CC3CC(C2)CC1C3. The summed E-state index contributed by atoms with van der Waals surface area (Å²) in [6.45, 7) is 2.46. The van der Waals surface area contributed by atoms with Gasteiger partial charge in [0.15, 0.2) is 0 Å². The normalized spacial score (nSPS) is 34.4. The van der Waals surface area contributed by atoms with E-state index in [0.29, 0.717) is 18.4 Å². The maximum Gasteiger partial charge on any atom is 0.449 e. The Balaban J connectivity index is 1.38. The standard InChI is InChI=1S/C18H28O5/c1-2-3-4-5-6-21-23-18(20)17(19)22-16-14-8-12-7-13(10-14)11-15(16)9-12/h12-16H,2-11H2,1H3. The monoisotopic (exact) mass is 324 g/mol. The zero-order chi connectivity index (χ0) is 16.2. The fourth-order valence-corrected chi connectivity index (χ4v) is 4.96. The van der Waals surface area contributed by atoms with Crippen molar-refractivity contribution in [1.29, 1.82) is 0 Å². The van der Waals surface area contributed by atoms with E-state index in [1.807, 2.05) is 0 Å². The highest BCUT2D eigenvalue weighted by atomic mass is 17.2. The third kappa shape index (κ3) is 4.06. The van der Waals surface area contributed by atoms with Crippen LogP contribution in [-0.2, 0) is 24.1 Å². The molecule has 5 heteroatoms. The van der Waals surface area contributed by atoms with Gasteiger partial charge in [-0.1, -0.05) is 26.2 Å². The van der Waals surface area contributed by atoms with Gasteiger partial charge in [0.25, 0.3) is 0 Å². The first-order valence-corrected chi connectivity index (χ1v) is 9.21. The summed E-state index contributed by atoms with van der Waals surface area (Å²) < 4.78 is 5.49. The number of esters is 1. The van der Waals surface area contributed by atoms with Crippen molar-refractivity contribution in [2.75, 3.05) is 6.61 Å². The minimum absolute atomic E-state index is 0.0904. The summed E-state index contributed by atoms with van der Waals surface area (Å²) in [6, 6.07) is 0. The summed E-state index contributed by atoms with van der Waals surface area (Å²) >= 11 is 0. The first kappa shape index (κ1) is 16.7. The minimum atomic E-state index is -1.02. The van der Waals surface area contributed by atoms with Crippen molar-refractivity contribution in [3.05, 3.63) is 0 Å². The molecular weight excluding hydrogens is 296 g/mol. The van der Waals surface area contributed by atoms with Gasteiger partial charge >= 0.3 is 11.9 Å². The smallest absolute Gasteiger partial charge is 0.449 e. The van der Waals surface area contributed by atoms with Gasteiger partial charge in [-0.05, 0) is 62.2 Å². The van der Waals surface area contributed by atoms with Gasteiger partial charge in [-0.25, -0.2) is 9.59 Å². The summed E-state index contributed by atoms with van der Waals surface area (Å²) in [4.78, 5) is 33.0. The second kappa shape index (κ2) is 7.65. The summed E-state index contributed by atoms with van der Waals surface area (Å²) in [7, 11) is 0. The molecule has 5 nitrogen and oxygen atoms in total. The molecule has 23 heavy (non-hydrogen) atoms. The summed E-state index contributed by atoms with van der Waals surface area (Å²) in [5, 5.41) is 0. The molecule has 4 fully saturated rings. The van der Waals surface area contributed by atoms with Crippen LogP contribution < -0.4 is 0 Å². The number of rotatable bonds is 7. The van der Waals surface area contributed by atoms with Gasteiger partial charge in [-0.2, -0.15) is 4.89 Å². The van der Waals surface area contributed by atoms with E-state index in [-0.39, 0.29) is 6.10 Å². The molecule has 4 aliphatic rings. The number of carbonyl (C=O) groups excluding carboxylic acids is 2. The molecule has 4 rings (SSSR count). The van der Waals surface area contributed by atoms with E-state index in [4.69, 9.17) is 9.62 Å². The van der Waals surface area contributed by atoms with Crippen molar-refractivity contribution in [3.8, 4) is 0 Å². The van der Waals surface area contributed by atoms with Crippen molar-refractivity contribution in [2.24, 2.45) is 23.7 Å². The molecule has 0 atom stereocenters. The van der Waals surface area contributed by atoms with Crippen LogP contribution in [0.5, 0.6) is 0 Å². The molecular formula is C18H28O5. The van der Waals surface area contributed by atoms with Crippen molar-refractivity contribution in [1.82, 2.24) is 0 Å². The third-order valence-electron chi connectivity index (χ3n) is 5.77. The van der Waals surface area contributed by atoms with Gasteiger partial charge in [0.2, 0.25) is 0 Å². The molecule has 4 aliphatic carbocycles. The second-order valence-corrected chi connectivity index (χ2v) is 7.55. The van der Waals surface area contributed by atoms with Gasteiger partial charge in [0, 0.05) is 0 Å². The summed E-state index contributed by atoms with van der Waals surface area (Å²) in [6.07, 6.45) is 9.97. The molecule has 0 spiro atoms. The van der Waals surface area contributed by atoms with E-state index in [1.54, 1.807) is 0 Å². The zero-order valence-electron chi connectivity index (χ0n) is 14.0. The van der Waals surface area contributed by atoms with Crippen molar-refractivity contribution >= 4 is 11.9 Å². The average Bonchev–Trinajstić information content (AvgIpc) is 2.53.